The van der Waals surface area contributed by atoms with Crippen LogP contribution in [0.5, 0.6) is 11.5 Å². The van der Waals surface area contributed by atoms with Crippen molar-refractivity contribution in [3.05, 3.63) is 59.2 Å². The van der Waals surface area contributed by atoms with Gasteiger partial charge in [-0.25, -0.2) is 0 Å². The molecule has 0 aromatic heterocycles. The van der Waals surface area contributed by atoms with Crippen LogP contribution in [0.4, 0.5) is 0 Å². The van der Waals surface area contributed by atoms with E-state index in [1.165, 1.54) is 23.1 Å². The van der Waals surface area contributed by atoms with Gasteiger partial charge >= 0.3 is 0 Å². The summed E-state index contributed by atoms with van der Waals surface area (Å²) in [6.45, 7) is 1.03. The average Bonchev–Trinajstić information content (AvgIpc) is 2.61. The Morgan fingerprint density at radius 2 is 1.78 bits per heavy atom. The maximum absolute atomic E-state index is 5.47. The molecule has 0 unspecified atom stereocenters. The fourth-order valence-corrected chi connectivity index (χ4v) is 3.38. The van der Waals surface area contributed by atoms with Gasteiger partial charge in [-0.3, -0.25) is 0 Å². The smallest absolute Gasteiger partial charge is 0.161 e. The summed E-state index contributed by atoms with van der Waals surface area (Å²) in [5, 5.41) is 3.65. The monoisotopic (exact) mass is 311 g/mol. The molecule has 2 aromatic rings. The largest absolute Gasteiger partial charge is 0.493 e. The highest BCUT2D eigenvalue weighted by atomic mass is 16.5. The summed E-state index contributed by atoms with van der Waals surface area (Å²) in [5.41, 5.74) is 4.16. The second kappa shape index (κ2) is 7.51. The number of hydrogen-bond acceptors (Lipinski definition) is 3. The van der Waals surface area contributed by atoms with E-state index in [2.05, 4.69) is 47.8 Å². The molecule has 0 radical (unpaired) electrons. The second-order valence-corrected chi connectivity index (χ2v) is 6.04. The Bertz CT molecular complexity index is 640. The molecule has 1 N–H and O–H groups in total. The number of ether oxygens (including phenoxy) is 2. The number of methoxy groups -OCH3 is 2. The first-order valence-corrected chi connectivity index (χ1v) is 8.34. The molecule has 0 amide bonds. The van der Waals surface area contributed by atoms with Crippen molar-refractivity contribution in [2.45, 2.75) is 31.7 Å². The molecule has 2 aromatic carbocycles. The van der Waals surface area contributed by atoms with Gasteiger partial charge in [0.05, 0.1) is 14.2 Å². The Morgan fingerprint density at radius 3 is 2.52 bits per heavy atom. The predicted molar refractivity (Wildman–Crippen MR) is 93.4 cm³/mol. The molecule has 1 aliphatic rings. The number of rotatable bonds is 6. The van der Waals surface area contributed by atoms with Crippen LogP contribution in [0.25, 0.3) is 0 Å². The Hall–Kier alpha value is -2.00. The van der Waals surface area contributed by atoms with Gasteiger partial charge in [0.2, 0.25) is 0 Å². The van der Waals surface area contributed by atoms with Crippen molar-refractivity contribution >= 4 is 0 Å². The fourth-order valence-electron chi connectivity index (χ4n) is 3.38. The summed E-state index contributed by atoms with van der Waals surface area (Å²) in [6, 6.07) is 15.4. The van der Waals surface area contributed by atoms with Crippen LogP contribution in [0.3, 0.4) is 0 Å². The third-order valence-corrected chi connectivity index (χ3v) is 4.61. The summed E-state index contributed by atoms with van der Waals surface area (Å²) in [5.74, 6) is 1.65. The molecule has 0 aliphatic carbocycles. The molecule has 1 heterocycles. The van der Waals surface area contributed by atoms with Gasteiger partial charge in [0.15, 0.2) is 11.5 Å². The average molecular weight is 311 g/mol. The van der Waals surface area contributed by atoms with Crippen molar-refractivity contribution in [3.63, 3.8) is 0 Å². The van der Waals surface area contributed by atoms with Crippen LogP contribution in [0.15, 0.2) is 42.5 Å². The van der Waals surface area contributed by atoms with E-state index in [1.807, 2.05) is 0 Å². The van der Waals surface area contributed by atoms with Gasteiger partial charge in [-0.05, 0) is 61.1 Å². The molecule has 23 heavy (non-hydrogen) atoms. The van der Waals surface area contributed by atoms with Gasteiger partial charge in [-0.2, -0.15) is 0 Å². The summed E-state index contributed by atoms with van der Waals surface area (Å²) in [7, 11) is 3.40. The molecule has 0 saturated heterocycles. The van der Waals surface area contributed by atoms with Gasteiger partial charge in [-0.15, -0.1) is 0 Å². The third-order valence-electron chi connectivity index (χ3n) is 4.61. The molecule has 1 atom stereocenters. The lowest BCUT2D eigenvalue weighted by Crippen LogP contribution is -2.30. The van der Waals surface area contributed by atoms with Crippen LogP contribution in [0.2, 0.25) is 0 Å². The first-order chi connectivity index (χ1) is 11.3. The number of nitrogens with one attached hydrogen (secondary N) is 1. The molecule has 0 spiro atoms. The zero-order valence-electron chi connectivity index (χ0n) is 14.0. The number of fused-ring (bicyclic) bond motifs is 1. The van der Waals surface area contributed by atoms with Crippen molar-refractivity contribution in [3.8, 4) is 11.5 Å². The highest BCUT2D eigenvalue weighted by molar-refractivity contribution is 5.49. The molecular formula is C20H25NO2. The van der Waals surface area contributed by atoms with Crippen molar-refractivity contribution in [1.82, 2.24) is 5.32 Å². The minimum atomic E-state index is 0.405. The summed E-state index contributed by atoms with van der Waals surface area (Å²) >= 11 is 0. The molecule has 3 heteroatoms. The first-order valence-electron chi connectivity index (χ1n) is 8.34. The number of benzene rings is 2. The number of aryl methyl sites for hydroxylation is 1. The van der Waals surface area contributed by atoms with E-state index in [4.69, 9.17) is 9.47 Å². The van der Waals surface area contributed by atoms with Crippen molar-refractivity contribution in [2.75, 3.05) is 20.8 Å². The lowest BCUT2D eigenvalue weighted by atomic mass is 9.90. The molecule has 0 saturated carbocycles. The van der Waals surface area contributed by atoms with Crippen LogP contribution < -0.4 is 14.8 Å². The van der Waals surface area contributed by atoms with Gasteiger partial charge in [0, 0.05) is 6.04 Å². The normalized spacial score (nSPS) is 16.7. The molecule has 3 rings (SSSR count). The van der Waals surface area contributed by atoms with Crippen molar-refractivity contribution < 1.29 is 9.47 Å². The molecule has 3 nitrogen and oxygen atoms in total. The maximum atomic E-state index is 5.47. The zero-order valence-corrected chi connectivity index (χ0v) is 14.0. The molecule has 122 valence electrons. The Labute approximate surface area is 138 Å². The second-order valence-electron chi connectivity index (χ2n) is 6.04. The number of hydrogen-bond donors (Lipinski definition) is 1. The van der Waals surface area contributed by atoms with E-state index in [0.717, 1.165) is 37.3 Å². The lowest BCUT2D eigenvalue weighted by molar-refractivity contribution is 0.351. The van der Waals surface area contributed by atoms with Crippen molar-refractivity contribution in [2.24, 2.45) is 0 Å². The fraction of sp³-hybridized carbons (Fsp3) is 0.400. The standard InChI is InChI=1S/C20H25NO2/c1-22-19-13-16-11-12-21-18(17(16)14-20(19)23-2)10-6-9-15-7-4-3-5-8-15/h3-5,7-8,13-14,18,21H,6,9-12H2,1-2H3/t18-/m1/s1. The highest BCUT2D eigenvalue weighted by Crippen LogP contribution is 2.36. The van der Waals surface area contributed by atoms with Crippen molar-refractivity contribution in [1.29, 1.82) is 0 Å². The topological polar surface area (TPSA) is 30.5 Å². The van der Waals surface area contributed by atoms with Crippen LogP contribution in [0.1, 0.15) is 35.6 Å². The predicted octanol–water partition coefficient (Wildman–Crippen LogP) is 3.91. The maximum Gasteiger partial charge on any atom is 0.161 e. The molecular weight excluding hydrogens is 286 g/mol. The van der Waals surface area contributed by atoms with Crippen LogP contribution in [-0.4, -0.2) is 20.8 Å². The van der Waals surface area contributed by atoms with Crippen LogP contribution in [-0.2, 0) is 12.8 Å². The third kappa shape index (κ3) is 3.67. The SMILES string of the molecule is COc1cc2c(cc1OC)[C@@H](CCCc1ccccc1)NCC2. The van der Waals surface area contributed by atoms with Gasteiger partial charge in [0.25, 0.3) is 0 Å². The quantitative estimate of drug-likeness (QED) is 0.877. The van der Waals surface area contributed by atoms with E-state index < -0.39 is 0 Å². The molecule has 0 fully saturated rings. The van der Waals surface area contributed by atoms with E-state index in [-0.39, 0.29) is 0 Å². The Balaban J connectivity index is 1.70. The minimum Gasteiger partial charge on any atom is -0.493 e. The minimum absolute atomic E-state index is 0.405. The molecule has 0 bridgehead atoms. The van der Waals surface area contributed by atoms with E-state index in [0.29, 0.717) is 6.04 Å². The van der Waals surface area contributed by atoms with E-state index >= 15 is 0 Å². The van der Waals surface area contributed by atoms with E-state index in [1.54, 1.807) is 14.2 Å². The van der Waals surface area contributed by atoms with E-state index in [9.17, 15) is 0 Å². The Morgan fingerprint density at radius 1 is 1.04 bits per heavy atom. The van der Waals surface area contributed by atoms with Gasteiger partial charge in [0.1, 0.15) is 0 Å². The summed E-state index contributed by atoms with van der Waals surface area (Å²) in [6.07, 6.45) is 4.49. The zero-order chi connectivity index (χ0) is 16.1. The first kappa shape index (κ1) is 15.9. The van der Waals surface area contributed by atoms with Crippen LogP contribution >= 0.6 is 0 Å². The van der Waals surface area contributed by atoms with Gasteiger partial charge in [-0.1, -0.05) is 30.3 Å². The lowest BCUT2D eigenvalue weighted by Gasteiger charge is -2.28. The summed E-state index contributed by atoms with van der Waals surface area (Å²) < 4.78 is 10.9. The van der Waals surface area contributed by atoms with Gasteiger partial charge < -0.3 is 14.8 Å². The highest BCUT2D eigenvalue weighted by Gasteiger charge is 2.22. The van der Waals surface area contributed by atoms with Crippen LogP contribution in [0, 0.1) is 0 Å². The summed E-state index contributed by atoms with van der Waals surface area (Å²) in [4.78, 5) is 0. The Kier molecular flexibility index (Phi) is 5.19. The molecule has 1 aliphatic heterocycles.